The number of hydrogen-bond acceptors (Lipinski definition) is 9. The lowest BCUT2D eigenvalue weighted by atomic mass is 9.96. The molecule has 3 aliphatic rings. The van der Waals surface area contributed by atoms with Crippen LogP contribution < -0.4 is 15.4 Å². The number of carbonyl (C=O) groups excluding carboxylic acids is 4. The van der Waals surface area contributed by atoms with Crippen LogP contribution in [0.2, 0.25) is 0 Å². The van der Waals surface area contributed by atoms with Crippen molar-refractivity contribution in [2.75, 3.05) is 19.0 Å². The maximum absolute atomic E-state index is 14.4. The molecule has 1 saturated carbocycles. The first kappa shape index (κ1) is 36.0. The van der Waals surface area contributed by atoms with Crippen molar-refractivity contribution < 1.29 is 37.1 Å². The molecule has 0 unspecified atom stereocenters. The zero-order chi connectivity index (χ0) is 37.7. The van der Waals surface area contributed by atoms with Gasteiger partial charge in [0.25, 0.3) is 0 Å². The predicted octanol–water partition coefficient (Wildman–Crippen LogP) is 5.05. The lowest BCUT2D eigenvalue weighted by molar-refractivity contribution is -0.141. The van der Waals surface area contributed by atoms with E-state index in [1.54, 1.807) is 12.4 Å². The second-order valence-corrected chi connectivity index (χ2v) is 14.2. The molecular formula is C37H39F3N8O5. The molecule has 2 N–H and O–H groups in total. The van der Waals surface area contributed by atoms with Gasteiger partial charge in [0.15, 0.2) is 5.78 Å². The number of rotatable bonds is 5. The normalized spacial score (nSPS) is 22.2. The molecular weight excluding hydrogens is 693 g/mol. The molecule has 3 aromatic heterocycles. The number of Topliss-reactive ketones (excluding diaryl/α,β-unsaturated/α-hetero) is 1. The van der Waals surface area contributed by atoms with Crippen molar-refractivity contribution in [2.45, 2.75) is 90.0 Å². The number of benzene rings is 1. The number of carbonyl (C=O) groups is 4. The van der Waals surface area contributed by atoms with Gasteiger partial charge in [0.05, 0.1) is 12.6 Å². The highest BCUT2D eigenvalue weighted by Gasteiger charge is 2.67. The van der Waals surface area contributed by atoms with Gasteiger partial charge in [0, 0.05) is 54.7 Å². The maximum Gasteiger partial charge on any atom is 0.433 e. The number of alkyl halides is 3. The van der Waals surface area contributed by atoms with E-state index in [4.69, 9.17) is 4.74 Å². The number of ether oxygens (including phenoxy) is 1. The summed E-state index contributed by atoms with van der Waals surface area (Å²) in [5.41, 5.74) is 1.70. The summed E-state index contributed by atoms with van der Waals surface area (Å²) in [5.74, 6) is -1.78. The van der Waals surface area contributed by atoms with E-state index in [0.29, 0.717) is 47.7 Å². The van der Waals surface area contributed by atoms with Crippen LogP contribution in [0.25, 0.3) is 22.0 Å². The summed E-state index contributed by atoms with van der Waals surface area (Å²) in [6.45, 7) is 2.90. The van der Waals surface area contributed by atoms with E-state index in [9.17, 15) is 32.3 Å². The van der Waals surface area contributed by atoms with Crippen molar-refractivity contribution in [1.82, 2.24) is 34.9 Å². The minimum absolute atomic E-state index is 0.114. The number of aromatic nitrogens is 5. The van der Waals surface area contributed by atoms with Crippen LogP contribution in [-0.4, -0.2) is 78.9 Å². The van der Waals surface area contributed by atoms with Crippen LogP contribution in [0.1, 0.15) is 79.2 Å². The monoisotopic (exact) mass is 732 g/mol. The van der Waals surface area contributed by atoms with Crippen molar-refractivity contribution in [3.05, 3.63) is 59.2 Å². The highest BCUT2D eigenvalue weighted by atomic mass is 19.4. The summed E-state index contributed by atoms with van der Waals surface area (Å²) in [6.07, 6.45) is 3.34. The molecule has 278 valence electrons. The fraction of sp³-hybridized carbons (Fsp3) is 0.459. The molecule has 3 atom stereocenters. The van der Waals surface area contributed by atoms with Crippen molar-refractivity contribution in [3.8, 4) is 17.1 Å². The average Bonchev–Trinajstić information content (AvgIpc) is 3.53. The number of ketones is 1. The Morgan fingerprint density at radius 1 is 1.02 bits per heavy atom. The number of methoxy groups -OCH3 is 1. The third-order valence-electron chi connectivity index (χ3n) is 10.6. The van der Waals surface area contributed by atoms with E-state index < -0.39 is 41.2 Å². The third kappa shape index (κ3) is 7.05. The molecule has 0 radical (unpaired) electrons. The van der Waals surface area contributed by atoms with E-state index >= 15 is 0 Å². The molecule has 7 rings (SSSR count). The smallest absolute Gasteiger partial charge is 0.433 e. The van der Waals surface area contributed by atoms with Gasteiger partial charge in [-0.1, -0.05) is 18.9 Å². The highest BCUT2D eigenvalue weighted by Crippen LogP contribution is 2.59. The van der Waals surface area contributed by atoms with E-state index in [0.717, 1.165) is 36.5 Å². The number of amides is 3. The minimum atomic E-state index is -4.72. The number of hydrogen-bond donors (Lipinski definition) is 2. The molecule has 5 heterocycles. The molecule has 13 nitrogen and oxygen atoms in total. The Hall–Kier alpha value is -5.41. The third-order valence-corrected chi connectivity index (χ3v) is 10.6. The van der Waals surface area contributed by atoms with Gasteiger partial charge in [0.2, 0.25) is 17.7 Å². The Balaban J connectivity index is 1.28. The molecule has 3 amide bonds. The van der Waals surface area contributed by atoms with Crippen LogP contribution in [0.5, 0.6) is 6.01 Å². The zero-order valence-corrected chi connectivity index (χ0v) is 29.5. The first-order chi connectivity index (χ1) is 25.3. The molecule has 1 aromatic carbocycles. The molecule has 2 fully saturated rings. The Kier molecular flexibility index (Phi) is 9.41. The van der Waals surface area contributed by atoms with Crippen LogP contribution in [0, 0.1) is 12.3 Å². The fourth-order valence-corrected chi connectivity index (χ4v) is 7.72. The van der Waals surface area contributed by atoms with Crippen molar-refractivity contribution in [3.63, 3.8) is 0 Å². The van der Waals surface area contributed by atoms with Gasteiger partial charge in [-0.25, -0.2) is 15.0 Å². The van der Waals surface area contributed by atoms with Gasteiger partial charge in [-0.2, -0.15) is 18.3 Å². The van der Waals surface area contributed by atoms with Gasteiger partial charge in [-0.15, -0.1) is 0 Å². The van der Waals surface area contributed by atoms with Gasteiger partial charge < -0.3 is 20.3 Å². The molecule has 4 aromatic rings. The van der Waals surface area contributed by atoms with E-state index in [2.05, 4.69) is 30.7 Å². The quantitative estimate of drug-likeness (QED) is 0.268. The van der Waals surface area contributed by atoms with Gasteiger partial charge in [0.1, 0.15) is 29.8 Å². The number of pyridine rings is 1. The molecule has 53 heavy (non-hydrogen) atoms. The van der Waals surface area contributed by atoms with Gasteiger partial charge >= 0.3 is 12.2 Å². The standard InChI is InChI=1S/C37H39F3N8O5/c1-20-10-11-27(37(38,39)40)44-33(20)45-34(52)26-14-36-15-28(36)48(26)30(51)18-47-32-22(8-6-4-5-7-9-29(50)43-19-36)12-23(13-25(32)31(46-47)21(2)49)24-16-41-35(53-3)42-17-24/h10-13,16-17,26,28H,4-9,14-15,18-19H2,1-3H3,(H,43,50)(H,44,45,52)/t26-,28+,36-/m0/s1. The van der Waals surface area contributed by atoms with Gasteiger partial charge in [-0.3, -0.25) is 23.9 Å². The predicted molar refractivity (Wildman–Crippen MR) is 186 cm³/mol. The van der Waals surface area contributed by atoms with E-state index in [1.807, 2.05) is 12.1 Å². The van der Waals surface area contributed by atoms with Crippen molar-refractivity contribution >= 4 is 40.2 Å². The fourth-order valence-electron chi connectivity index (χ4n) is 7.72. The number of halogens is 3. The zero-order valence-electron chi connectivity index (χ0n) is 29.5. The highest BCUT2D eigenvalue weighted by molar-refractivity contribution is 6.07. The summed E-state index contributed by atoms with van der Waals surface area (Å²) >= 11 is 0. The van der Waals surface area contributed by atoms with Crippen molar-refractivity contribution in [1.29, 1.82) is 0 Å². The van der Waals surface area contributed by atoms with E-state index in [1.165, 1.54) is 36.6 Å². The van der Waals surface area contributed by atoms with Crippen LogP contribution in [0.4, 0.5) is 19.0 Å². The van der Waals surface area contributed by atoms with Crippen LogP contribution in [0.15, 0.2) is 36.7 Å². The molecule has 2 aliphatic heterocycles. The molecule has 1 aliphatic carbocycles. The Morgan fingerprint density at radius 3 is 2.45 bits per heavy atom. The number of aryl methyl sites for hydroxylation is 2. The SMILES string of the molecule is COc1ncc(-c2cc3c4c(c2)c(C(C)=O)nn4CC(=O)N2[C@H](C(=O)Nc4nc(C(F)(F)F)ccc4C)C[C@@]4(CNC(=O)CCCCCC3)C[C@@H]24)cn1. The van der Waals surface area contributed by atoms with Crippen LogP contribution in [-0.2, 0) is 33.5 Å². The molecule has 16 heteroatoms. The number of anilines is 1. The lowest BCUT2D eigenvalue weighted by Crippen LogP contribution is -2.47. The molecule has 1 saturated heterocycles. The first-order valence-corrected chi connectivity index (χ1v) is 17.6. The first-order valence-electron chi connectivity index (χ1n) is 17.6. The Bertz CT molecular complexity index is 2120. The summed E-state index contributed by atoms with van der Waals surface area (Å²) in [6, 6.07) is 4.63. The van der Waals surface area contributed by atoms with E-state index in [-0.39, 0.29) is 48.7 Å². The van der Waals surface area contributed by atoms with Crippen LogP contribution in [0.3, 0.4) is 0 Å². The maximum atomic E-state index is 14.4. The summed E-state index contributed by atoms with van der Waals surface area (Å²) in [7, 11) is 1.47. The second-order valence-electron chi connectivity index (χ2n) is 14.2. The summed E-state index contributed by atoms with van der Waals surface area (Å²) in [5, 5.41) is 10.8. The van der Waals surface area contributed by atoms with Crippen molar-refractivity contribution in [2.24, 2.45) is 5.41 Å². The van der Waals surface area contributed by atoms with Crippen LogP contribution >= 0.6 is 0 Å². The topological polar surface area (TPSA) is 161 Å². The molecule has 2 bridgehead atoms. The number of nitrogens with one attached hydrogen (secondary N) is 2. The second kappa shape index (κ2) is 13.9. The largest absolute Gasteiger partial charge is 0.467 e. The Morgan fingerprint density at radius 2 is 1.75 bits per heavy atom. The lowest BCUT2D eigenvalue weighted by Gasteiger charge is -2.27. The Labute approximate surface area is 302 Å². The summed E-state index contributed by atoms with van der Waals surface area (Å²) < 4.78 is 47.1. The summed E-state index contributed by atoms with van der Waals surface area (Å²) in [4.78, 5) is 67.8. The molecule has 0 spiro atoms. The number of piperidine rings is 1. The average molecular weight is 733 g/mol. The minimum Gasteiger partial charge on any atom is -0.467 e. The number of nitrogens with zero attached hydrogens (tertiary/aromatic N) is 6. The van der Waals surface area contributed by atoms with Gasteiger partial charge in [-0.05, 0) is 73.9 Å².